The van der Waals surface area contributed by atoms with Gasteiger partial charge in [-0.1, -0.05) is 48.5 Å². The normalized spacial score (nSPS) is 12.2. The number of amides is 1. The van der Waals surface area contributed by atoms with Gasteiger partial charge in [0.25, 0.3) is 0 Å². The summed E-state index contributed by atoms with van der Waals surface area (Å²) in [6.45, 7) is 2.66. The van der Waals surface area contributed by atoms with E-state index in [0.717, 1.165) is 23.0 Å². The van der Waals surface area contributed by atoms with Crippen molar-refractivity contribution in [2.24, 2.45) is 0 Å². The lowest BCUT2D eigenvalue weighted by atomic mass is 10.1. The van der Waals surface area contributed by atoms with Gasteiger partial charge in [0.15, 0.2) is 0 Å². The zero-order valence-electron chi connectivity index (χ0n) is 16.4. The van der Waals surface area contributed by atoms with Gasteiger partial charge >= 0.3 is 0 Å². The molecule has 4 nitrogen and oxygen atoms in total. The standard InChI is InChI=1S/C23H27N3O/c1-17(26(4)16-18-12-14-20(15-13-18)25(2)3)23(27)24-22-11-7-9-19-8-5-6-10-21(19)22/h5-15,17H,16H2,1-4H3,(H,24,27)/t17-/m1/s1. The monoisotopic (exact) mass is 361 g/mol. The molecule has 0 aliphatic rings. The second-order valence-electron chi connectivity index (χ2n) is 7.17. The van der Waals surface area contributed by atoms with Crippen molar-refractivity contribution in [3.05, 3.63) is 72.3 Å². The molecule has 0 aliphatic carbocycles. The molecule has 0 saturated heterocycles. The first-order chi connectivity index (χ1) is 13.0. The number of nitrogens with zero attached hydrogens (tertiary/aromatic N) is 2. The molecule has 0 bridgehead atoms. The summed E-state index contributed by atoms with van der Waals surface area (Å²) in [5.41, 5.74) is 3.21. The van der Waals surface area contributed by atoms with Crippen molar-refractivity contribution < 1.29 is 4.79 Å². The zero-order valence-corrected chi connectivity index (χ0v) is 16.4. The number of likely N-dealkylation sites (N-methyl/N-ethyl adjacent to an activating group) is 1. The Morgan fingerprint density at radius 1 is 0.926 bits per heavy atom. The van der Waals surface area contributed by atoms with Crippen LogP contribution in [0.3, 0.4) is 0 Å². The molecule has 1 N–H and O–H groups in total. The predicted octanol–water partition coefficient (Wildman–Crippen LogP) is 4.36. The van der Waals surface area contributed by atoms with Crippen LogP contribution >= 0.6 is 0 Å². The van der Waals surface area contributed by atoms with Gasteiger partial charge in [-0.25, -0.2) is 0 Å². The van der Waals surface area contributed by atoms with E-state index in [1.807, 2.05) is 58.4 Å². The SMILES string of the molecule is C[C@H](C(=O)Nc1cccc2ccccc12)N(C)Cc1ccc(N(C)C)cc1. The summed E-state index contributed by atoms with van der Waals surface area (Å²) >= 11 is 0. The Kier molecular flexibility index (Phi) is 5.77. The van der Waals surface area contributed by atoms with E-state index < -0.39 is 0 Å². The van der Waals surface area contributed by atoms with Crippen molar-refractivity contribution in [2.45, 2.75) is 19.5 Å². The number of hydrogen-bond acceptors (Lipinski definition) is 3. The van der Waals surface area contributed by atoms with Crippen LogP contribution in [0.15, 0.2) is 66.7 Å². The minimum Gasteiger partial charge on any atom is -0.378 e. The first-order valence-electron chi connectivity index (χ1n) is 9.21. The van der Waals surface area contributed by atoms with Crippen molar-refractivity contribution >= 4 is 28.1 Å². The molecule has 27 heavy (non-hydrogen) atoms. The predicted molar refractivity (Wildman–Crippen MR) is 114 cm³/mol. The fourth-order valence-corrected chi connectivity index (χ4v) is 3.10. The van der Waals surface area contributed by atoms with E-state index in [-0.39, 0.29) is 11.9 Å². The van der Waals surface area contributed by atoms with Gasteiger partial charge in [-0.05, 0) is 43.1 Å². The molecule has 0 heterocycles. The van der Waals surface area contributed by atoms with E-state index in [9.17, 15) is 4.79 Å². The summed E-state index contributed by atoms with van der Waals surface area (Å²) in [6, 6.07) is 22.2. The Balaban J connectivity index is 1.67. The van der Waals surface area contributed by atoms with Gasteiger partial charge < -0.3 is 10.2 Å². The molecule has 3 rings (SSSR count). The van der Waals surface area contributed by atoms with Crippen LogP contribution in [0.1, 0.15) is 12.5 Å². The van der Waals surface area contributed by atoms with Gasteiger partial charge in [0, 0.05) is 37.4 Å². The second kappa shape index (κ2) is 8.23. The minimum absolute atomic E-state index is 0.00114. The molecule has 0 aromatic heterocycles. The highest BCUT2D eigenvalue weighted by Crippen LogP contribution is 2.23. The Morgan fingerprint density at radius 3 is 2.30 bits per heavy atom. The molecule has 4 heteroatoms. The highest BCUT2D eigenvalue weighted by molar-refractivity contribution is 6.03. The van der Waals surface area contributed by atoms with Crippen LogP contribution in [0.4, 0.5) is 11.4 Å². The molecule has 0 unspecified atom stereocenters. The molecule has 3 aromatic carbocycles. The van der Waals surface area contributed by atoms with Gasteiger partial charge in [-0.2, -0.15) is 0 Å². The third-order valence-corrected chi connectivity index (χ3v) is 4.97. The lowest BCUT2D eigenvalue weighted by Gasteiger charge is -2.24. The highest BCUT2D eigenvalue weighted by Gasteiger charge is 2.19. The van der Waals surface area contributed by atoms with Crippen molar-refractivity contribution in [3.8, 4) is 0 Å². The van der Waals surface area contributed by atoms with E-state index in [2.05, 4.69) is 51.5 Å². The van der Waals surface area contributed by atoms with E-state index in [0.29, 0.717) is 0 Å². The Bertz CT molecular complexity index is 913. The zero-order chi connectivity index (χ0) is 19.4. The van der Waals surface area contributed by atoms with Crippen molar-refractivity contribution in [1.82, 2.24) is 4.90 Å². The fraction of sp³-hybridized carbons (Fsp3) is 0.261. The third kappa shape index (κ3) is 4.47. The number of anilines is 2. The topological polar surface area (TPSA) is 35.6 Å². The van der Waals surface area contributed by atoms with E-state index in [1.54, 1.807) is 0 Å². The van der Waals surface area contributed by atoms with Gasteiger partial charge in [0.2, 0.25) is 5.91 Å². The molecular weight excluding hydrogens is 334 g/mol. The molecule has 1 amide bonds. The third-order valence-electron chi connectivity index (χ3n) is 4.97. The fourth-order valence-electron chi connectivity index (χ4n) is 3.10. The van der Waals surface area contributed by atoms with Crippen molar-refractivity contribution in [3.63, 3.8) is 0 Å². The van der Waals surface area contributed by atoms with Gasteiger partial charge in [0.1, 0.15) is 0 Å². The van der Waals surface area contributed by atoms with Gasteiger partial charge in [-0.3, -0.25) is 9.69 Å². The molecule has 1 atom stereocenters. The van der Waals surface area contributed by atoms with E-state index >= 15 is 0 Å². The van der Waals surface area contributed by atoms with Gasteiger partial charge in [-0.15, -0.1) is 0 Å². The maximum absolute atomic E-state index is 12.8. The van der Waals surface area contributed by atoms with E-state index in [4.69, 9.17) is 0 Å². The van der Waals surface area contributed by atoms with E-state index in [1.165, 1.54) is 11.3 Å². The number of carbonyl (C=O) groups is 1. The van der Waals surface area contributed by atoms with Crippen molar-refractivity contribution in [2.75, 3.05) is 31.4 Å². The highest BCUT2D eigenvalue weighted by atomic mass is 16.2. The number of rotatable bonds is 6. The van der Waals surface area contributed by atoms with Crippen LogP contribution in [0, 0.1) is 0 Å². The number of nitrogens with one attached hydrogen (secondary N) is 1. The maximum atomic E-state index is 12.8. The summed E-state index contributed by atoms with van der Waals surface area (Å²) in [6.07, 6.45) is 0. The maximum Gasteiger partial charge on any atom is 0.241 e. The summed E-state index contributed by atoms with van der Waals surface area (Å²) in [5.74, 6) is -0.00114. The molecule has 0 fully saturated rings. The minimum atomic E-state index is -0.238. The lowest BCUT2D eigenvalue weighted by molar-refractivity contribution is -0.120. The van der Waals surface area contributed by atoms with Crippen LogP contribution in [0.25, 0.3) is 10.8 Å². The first-order valence-corrected chi connectivity index (χ1v) is 9.21. The smallest absolute Gasteiger partial charge is 0.241 e. The van der Waals surface area contributed by atoms with Crippen LogP contribution in [-0.4, -0.2) is 38.0 Å². The average Bonchev–Trinajstić information content (AvgIpc) is 2.68. The number of benzene rings is 3. The second-order valence-corrected chi connectivity index (χ2v) is 7.17. The molecular formula is C23H27N3O. The quantitative estimate of drug-likeness (QED) is 0.708. The molecule has 140 valence electrons. The summed E-state index contributed by atoms with van der Waals surface area (Å²) in [5, 5.41) is 5.27. The largest absolute Gasteiger partial charge is 0.378 e. The summed E-state index contributed by atoms with van der Waals surface area (Å²) in [4.78, 5) is 16.9. The molecule has 0 aliphatic heterocycles. The van der Waals surface area contributed by atoms with Crippen molar-refractivity contribution in [1.29, 1.82) is 0 Å². The molecule has 0 spiro atoms. The first kappa shape index (κ1) is 18.9. The number of fused-ring (bicyclic) bond motifs is 1. The summed E-state index contributed by atoms with van der Waals surface area (Å²) in [7, 11) is 6.04. The van der Waals surface area contributed by atoms with Crippen LogP contribution in [-0.2, 0) is 11.3 Å². The number of carbonyl (C=O) groups excluding carboxylic acids is 1. The molecule has 0 radical (unpaired) electrons. The molecule has 0 saturated carbocycles. The lowest BCUT2D eigenvalue weighted by Crippen LogP contribution is -2.39. The Hall–Kier alpha value is -2.85. The Labute approximate surface area is 161 Å². The summed E-state index contributed by atoms with van der Waals surface area (Å²) < 4.78 is 0. The van der Waals surface area contributed by atoms with Crippen LogP contribution < -0.4 is 10.2 Å². The number of hydrogen-bond donors (Lipinski definition) is 1. The average molecular weight is 361 g/mol. The molecule has 3 aromatic rings. The Morgan fingerprint density at radius 2 is 1.59 bits per heavy atom. The van der Waals surface area contributed by atoms with Crippen LogP contribution in [0.5, 0.6) is 0 Å². The van der Waals surface area contributed by atoms with Gasteiger partial charge in [0.05, 0.1) is 6.04 Å². The van der Waals surface area contributed by atoms with Crippen LogP contribution in [0.2, 0.25) is 0 Å².